The number of rotatable bonds is 3. The number of hydrogen-bond acceptors (Lipinski definition) is 5. The molecule has 0 radical (unpaired) electrons. The van der Waals surface area contributed by atoms with Gasteiger partial charge in [-0.25, -0.2) is 9.11 Å². The number of hydrogen-bond donors (Lipinski definition) is 2. The summed E-state index contributed by atoms with van der Waals surface area (Å²) in [6, 6.07) is -1.19. The number of methoxy groups -OCH3 is 1. The van der Waals surface area contributed by atoms with Crippen molar-refractivity contribution in [2.75, 3.05) is 20.3 Å². The van der Waals surface area contributed by atoms with Gasteiger partial charge in [-0.15, -0.1) is 0 Å². The summed E-state index contributed by atoms with van der Waals surface area (Å²) in [4.78, 5) is 11.4. The summed E-state index contributed by atoms with van der Waals surface area (Å²) in [5.41, 5.74) is 0. The number of nitrogens with one attached hydrogen (secondary N) is 1. The van der Waals surface area contributed by atoms with Crippen LogP contribution >= 0.6 is 0 Å². The Hall–Kier alpha value is -0.770. The van der Waals surface area contributed by atoms with Crippen molar-refractivity contribution in [3.8, 4) is 0 Å². The molecule has 3 rings (SSSR count). The van der Waals surface area contributed by atoms with Crippen LogP contribution in [0.4, 0.5) is 4.39 Å². The van der Waals surface area contributed by atoms with Crippen molar-refractivity contribution in [1.29, 1.82) is 0 Å². The van der Waals surface area contributed by atoms with E-state index in [-0.39, 0.29) is 17.8 Å². The number of alkyl halides is 1. The van der Waals surface area contributed by atoms with E-state index in [9.17, 15) is 18.3 Å². The average molecular weight is 350 g/mol. The van der Waals surface area contributed by atoms with Crippen LogP contribution < -0.4 is 4.72 Å². The molecule has 6 atom stereocenters. The minimum Gasteiger partial charge on any atom is -0.391 e. The van der Waals surface area contributed by atoms with Crippen LogP contribution in [0.5, 0.6) is 0 Å². The van der Waals surface area contributed by atoms with Crippen LogP contribution in [0.1, 0.15) is 25.7 Å². The largest absolute Gasteiger partial charge is 0.391 e. The first-order valence-corrected chi connectivity index (χ1v) is 9.41. The number of amides is 1. The maximum atomic E-state index is 15.1. The molecule has 0 spiro atoms. The maximum Gasteiger partial charge on any atom is 0.304 e. The Morgan fingerprint density at radius 1 is 1.39 bits per heavy atom. The molecular formula is C14H23FN2O5S. The van der Waals surface area contributed by atoms with E-state index in [2.05, 4.69) is 0 Å². The number of ether oxygens (including phenoxy) is 1. The Labute approximate surface area is 135 Å². The van der Waals surface area contributed by atoms with Gasteiger partial charge >= 0.3 is 10.2 Å². The summed E-state index contributed by atoms with van der Waals surface area (Å²) in [6.45, 7) is 0.134. The van der Waals surface area contributed by atoms with Gasteiger partial charge in [-0.1, -0.05) is 0 Å². The van der Waals surface area contributed by atoms with Gasteiger partial charge in [0.2, 0.25) is 5.91 Å². The van der Waals surface area contributed by atoms with Gasteiger partial charge in [-0.2, -0.15) is 12.7 Å². The molecule has 1 amide bonds. The minimum absolute atomic E-state index is 0.0540. The normalized spacial score (nSPS) is 43.9. The Bertz CT molecular complexity index is 572. The van der Waals surface area contributed by atoms with Gasteiger partial charge < -0.3 is 9.84 Å². The van der Waals surface area contributed by atoms with Crippen LogP contribution in [0, 0.1) is 17.8 Å². The lowest BCUT2D eigenvalue weighted by Crippen LogP contribution is -2.58. The third kappa shape index (κ3) is 3.11. The van der Waals surface area contributed by atoms with E-state index in [0.717, 1.165) is 17.1 Å². The highest BCUT2D eigenvalue weighted by molar-refractivity contribution is 7.88. The Morgan fingerprint density at radius 3 is 2.74 bits per heavy atom. The third-order valence-corrected chi connectivity index (χ3v) is 6.89. The summed E-state index contributed by atoms with van der Waals surface area (Å²) in [5, 5.41) is 10.3. The maximum absolute atomic E-state index is 15.1. The van der Waals surface area contributed by atoms with E-state index in [1.165, 1.54) is 0 Å². The number of halogens is 1. The van der Waals surface area contributed by atoms with Crippen molar-refractivity contribution in [2.24, 2.45) is 17.8 Å². The van der Waals surface area contributed by atoms with Crippen LogP contribution in [-0.2, 0) is 19.7 Å². The standard InChI is InChI=1S/C14H23FN2O5S/c1-22-7-8-2-3-9-5-11(18)14(13(15)10(9)4-8)17-6-12(19)16-23(17,20)21/h8-11,13-14,18H,2-7H2,1H3,(H,16,19). The topological polar surface area (TPSA) is 95.9 Å². The first-order chi connectivity index (χ1) is 10.8. The van der Waals surface area contributed by atoms with Crippen molar-refractivity contribution >= 4 is 16.1 Å². The lowest BCUT2D eigenvalue weighted by molar-refractivity contribution is -0.120. The fraction of sp³-hybridized carbons (Fsp3) is 0.929. The molecule has 1 aliphatic heterocycles. The molecule has 9 heteroatoms. The van der Waals surface area contributed by atoms with E-state index >= 15 is 4.39 Å². The first kappa shape index (κ1) is 17.1. The highest BCUT2D eigenvalue weighted by atomic mass is 32.2. The minimum atomic E-state index is -4.05. The van der Waals surface area contributed by atoms with Crippen LogP contribution in [0.25, 0.3) is 0 Å². The fourth-order valence-corrected chi connectivity index (χ4v) is 5.76. The van der Waals surface area contributed by atoms with E-state index in [1.54, 1.807) is 7.11 Å². The number of carbonyl (C=O) groups excluding carboxylic acids is 1. The number of aliphatic hydroxyl groups is 1. The van der Waals surface area contributed by atoms with E-state index in [0.29, 0.717) is 19.4 Å². The summed E-state index contributed by atoms with van der Waals surface area (Å²) >= 11 is 0. The van der Waals surface area contributed by atoms with Gasteiger partial charge in [-0.05, 0) is 43.4 Å². The Balaban J connectivity index is 1.81. The van der Waals surface area contributed by atoms with Crippen molar-refractivity contribution in [1.82, 2.24) is 9.03 Å². The average Bonchev–Trinajstić information content (AvgIpc) is 2.73. The van der Waals surface area contributed by atoms with Crippen molar-refractivity contribution < 1.29 is 27.4 Å². The second-order valence-electron chi connectivity index (χ2n) is 6.87. The zero-order valence-corrected chi connectivity index (χ0v) is 13.8. The van der Waals surface area contributed by atoms with Crippen LogP contribution in [0.2, 0.25) is 0 Å². The Kier molecular flexibility index (Phi) is 4.65. The molecule has 1 heterocycles. The predicted octanol–water partition coefficient (Wildman–Crippen LogP) is -0.187. The van der Waals surface area contributed by atoms with Crippen LogP contribution in [-0.4, -0.2) is 62.3 Å². The zero-order valence-electron chi connectivity index (χ0n) is 13.0. The molecule has 0 aromatic carbocycles. The van der Waals surface area contributed by atoms with E-state index in [1.807, 2.05) is 4.72 Å². The van der Waals surface area contributed by atoms with Gasteiger partial charge in [0.1, 0.15) is 6.17 Å². The molecule has 6 unspecified atom stereocenters. The quantitative estimate of drug-likeness (QED) is 0.736. The molecule has 3 aliphatic rings. The molecule has 0 aromatic heterocycles. The molecule has 3 fully saturated rings. The van der Waals surface area contributed by atoms with Gasteiger partial charge in [-0.3, -0.25) is 4.79 Å². The number of nitrogens with zero attached hydrogens (tertiary/aromatic N) is 1. The van der Waals surface area contributed by atoms with E-state index < -0.39 is 41.0 Å². The summed E-state index contributed by atoms with van der Waals surface area (Å²) in [7, 11) is -2.44. The smallest absolute Gasteiger partial charge is 0.304 e. The molecule has 2 saturated carbocycles. The molecule has 132 valence electrons. The molecule has 23 heavy (non-hydrogen) atoms. The molecule has 7 nitrogen and oxygen atoms in total. The van der Waals surface area contributed by atoms with Crippen molar-refractivity contribution in [2.45, 2.75) is 44.0 Å². The summed E-state index contributed by atoms with van der Waals surface area (Å²) in [6.07, 6.45) is 0.167. The van der Waals surface area contributed by atoms with Gasteiger partial charge in [0.15, 0.2) is 0 Å². The SMILES string of the molecule is COCC1CCC2CC(O)C(N3CC(=O)NS3(=O)=O)C(F)C2C1. The highest BCUT2D eigenvalue weighted by Crippen LogP contribution is 2.46. The second-order valence-corrected chi connectivity index (χ2v) is 8.50. The number of carbonyl (C=O) groups is 1. The van der Waals surface area contributed by atoms with Gasteiger partial charge in [0.05, 0.1) is 18.7 Å². The fourth-order valence-electron chi connectivity index (χ4n) is 4.42. The summed E-state index contributed by atoms with van der Waals surface area (Å²) in [5.74, 6) is -0.681. The molecule has 0 bridgehead atoms. The molecule has 2 aliphatic carbocycles. The molecule has 0 aromatic rings. The van der Waals surface area contributed by atoms with Crippen LogP contribution in [0.15, 0.2) is 0 Å². The predicted molar refractivity (Wildman–Crippen MR) is 79.3 cm³/mol. The van der Waals surface area contributed by atoms with Gasteiger partial charge in [0.25, 0.3) is 0 Å². The van der Waals surface area contributed by atoms with Gasteiger partial charge in [0, 0.05) is 13.7 Å². The zero-order chi connectivity index (χ0) is 16.8. The third-order valence-electron chi connectivity index (χ3n) is 5.42. The van der Waals surface area contributed by atoms with Crippen molar-refractivity contribution in [3.05, 3.63) is 0 Å². The molecular weight excluding hydrogens is 327 g/mol. The lowest BCUT2D eigenvalue weighted by atomic mass is 9.64. The van der Waals surface area contributed by atoms with Crippen molar-refractivity contribution in [3.63, 3.8) is 0 Å². The monoisotopic (exact) mass is 350 g/mol. The number of fused-ring (bicyclic) bond motifs is 1. The lowest BCUT2D eigenvalue weighted by Gasteiger charge is -2.47. The summed E-state index contributed by atoms with van der Waals surface area (Å²) < 4.78 is 46.9. The Morgan fingerprint density at radius 2 is 2.13 bits per heavy atom. The second kappa shape index (κ2) is 6.27. The molecule has 2 N–H and O–H groups in total. The molecule has 1 saturated heterocycles. The number of aliphatic hydroxyl groups excluding tert-OH is 1. The van der Waals surface area contributed by atoms with E-state index in [4.69, 9.17) is 4.74 Å². The first-order valence-electron chi connectivity index (χ1n) is 7.97. The highest BCUT2D eigenvalue weighted by Gasteiger charge is 2.53. The van der Waals surface area contributed by atoms with Crippen LogP contribution in [0.3, 0.4) is 0 Å².